The highest BCUT2D eigenvalue weighted by Gasteiger charge is 2.22. The van der Waals surface area contributed by atoms with Crippen molar-refractivity contribution in [1.29, 1.82) is 0 Å². The average molecular weight is 382 g/mol. The van der Waals surface area contributed by atoms with Gasteiger partial charge in [0.1, 0.15) is 11.4 Å². The summed E-state index contributed by atoms with van der Waals surface area (Å²) in [6.45, 7) is 5.74. The molecule has 1 aliphatic heterocycles. The quantitative estimate of drug-likeness (QED) is 0.695. The van der Waals surface area contributed by atoms with Crippen molar-refractivity contribution in [2.24, 2.45) is 5.92 Å². The van der Waals surface area contributed by atoms with Crippen LogP contribution in [0.2, 0.25) is 0 Å². The Morgan fingerprint density at radius 2 is 2.07 bits per heavy atom. The van der Waals surface area contributed by atoms with Crippen molar-refractivity contribution < 1.29 is 4.79 Å². The summed E-state index contributed by atoms with van der Waals surface area (Å²) in [5.74, 6) is 0.522. The second-order valence-electron chi connectivity index (χ2n) is 7.37. The van der Waals surface area contributed by atoms with Gasteiger partial charge in [0.05, 0.1) is 11.7 Å². The van der Waals surface area contributed by atoms with E-state index in [4.69, 9.17) is 0 Å². The summed E-state index contributed by atoms with van der Waals surface area (Å²) in [6, 6.07) is 10.0. The number of carbonyl (C=O) groups is 1. The zero-order valence-corrected chi connectivity index (χ0v) is 16.5. The number of rotatable bonds is 3. The Bertz CT molecular complexity index is 1040. The van der Waals surface area contributed by atoms with Crippen LogP contribution in [0, 0.1) is 12.8 Å². The Kier molecular flexibility index (Phi) is 4.83. The number of aryl methyl sites for hydroxylation is 1. The molecule has 1 aromatic carbocycles. The van der Waals surface area contributed by atoms with Crippen LogP contribution in [0.25, 0.3) is 20.7 Å². The van der Waals surface area contributed by atoms with Crippen LogP contribution >= 0.6 is 11.3 Å². The van der Waals surface area contributed by atoms with E-state index >= 15 is 0 Å². The Morgan fingerprint density at radius 1 is 1.30 bits per heavy atom. The number of piperidine rings is 1. The average Bonchev–Trinajstić information content (AvgIpc) is 3.02. The van der Waals surface area contributed by atoms with Crippen LogP contribution in [0.1, 0.15) is 25.3 Å². The van der Waals surface area contributed by atoms with Crippen LogP contribution in [-0.4, -0.2) is 33.4 Å². The Labute approximate surface area is 162 Å². The molecule has 0 spiro atoms. The fourth-order valence-corrected chi connectivity index (χ4v) is 4.94. The van der Waals surface area contributed by atoms with E-state index in [0.717, 1.165) is 46.8 Å². The van der Waals surface area contributed by atoms with E-state index < -0.39 is 0 Å². The molecule has 140 valence electrons. The van der Waals surface area contributed by atoms with Gasteiger partial charge in [-0.2, -0.15) is 0 Å². The maximum atomic E-state index is 13.0. The van der Waals surface area contributed by atoms with Gasteiger partial charge in [-0.05, 0) is 36.8 Å². The molecule has 0 aliphatic carbocycles. The van der Waals surface area contributed by atoms with Gasteiger partial charge in [0.2, 0.25) is 5.91 Å². The van der Waals surface area contributed by atoms with Crippen molar-refractivity contribution in [3.8, 4) is 10.4 Å². The molecule has 4 rings (SSSR count). The van der Waals surface area contributed by atoms with Gasteiger partial charge in [-0.15, -0.1) is 11.3 Å². The molecular weight excluding hydrogens is 358 g/mol. The highest BCUT2D eigenvalue weighted by molar-refractivity contribution is 7.22. The topological polar surface area (TPSA) is 55.2 Å². The Morgan fingerprint density at radius 3 is 2.81 bits per heavy atom. The summed E-state index contributed by atoms with van der Waals surface area (Å²) >= 11 is 1.53. The molecule has 1 saturated heterocycles. The van der Waals surface area contributed by atoms with E-state index in [2.05, 4.69) is 11.9 Å². The highest BCUT2D eigenvalue weighted by Crippen LogP contribution is 2.35. The molecule has 1 fully saturated rings. The summed E-state index contributed by atoms with van der Waals surface area (Å²) in [6.07, 6.45) is 3.71. The summed E-state index contributed by atoms with van der Waals surface area (Å²) < 4.78 is 1.46. The minimum Gasteiger partial charge on any atom is -0.341 e. The van der Waals surface area contributed by atoms with Gasteiger partial charge in [0, 0.05) is 18.0 Å². The molecule has 1 atom stereocenters. The van der Waals surface area contributed by atoms with E-state index in [1.807, 2.05) is 42.2 Å². The van der Waals surface area contributed by atoms with E-state index in [-0.39, 0.29) is 18.0 Å². The molecule has 0 saturated carbocycles. The van der Waals surface area contributed by atoms with Crippen LogP contribution in [0.3, 0.4) is 0 Å². The fourth-order valence-electron chi connectivity index (χ4n) is 3.80. The molecule has 5 nitrogen and oxygen atoms in total. The minimum absolute atomic E-state index is 0.000894. The lowest BCUT2D eigenvalue weighted by molar-refractivity contribution is -0.133. The third-order valence-corrected chi connectivity index (χ3v) is 6.52. The standard InChI is InChI=1S/C21H23N3O2S/c1-14-7-6-10-23(11-14)17(25)12-24-13-22-20-18(21(24)26)15(2)19(27-20)16-8-4-3-5-9-16/h3-5,8-9,13-14H,6-7,10-12H2,1-2H3. The molecule has 1 aliphatic rings. The van der Waals surface area contributed by atoms with Gasteiger partial charge in [0.25, 0.3) is 5.56 Å². The van der Waals surface area contributed by atoms with Crippen molar-refractivity contribution in [2.45, 2.75) is 33.2 Å². The number of fused-ring (bicyclic) bond motifs is 1. The van der Waals surface area contributed by atoms with E-state index in [1.54, 1.807) is 0 Å². The monoisotopic (exact) mass is 381 g/mol. The third-order valence-electron chi connectivity index (χ3n) is 5.27. The van der Waals surface area contributed by atoms with Crippen molar-refractivity contribution in [1.82, 2.24) is 14.5 Å². The second-order valence-corrected chi connectivity index (χ2v) is 8.37. The van der Waals surface area contributed by atoms with Crippen LogP contribution < -0.4 is 5.56 Å². The maximum absolute atomic E-state index is 13.0. The van der Waals surface area contributed by atoms with Gasteiger partial charge in [-0.1, -0.05) is 37.3 Å². The zero-order chi connectivity index (χ0) is 19.0. The minimum atomic E-state index is -0.130. The van der Waals surface area contributed by atoms with Crippen molar-refractivity contribution in [3.63, 3.8) is 0 Å². The first kappa shape index (κ1) is 17.9. The lowest BCUT2D eigenvalue weighted by Gasteiger charge is -2.31. The second kappa shape index (κ2) is 7.27. The number of thiophene rings is 1. The fraction of sp³-hybridized carbons (Fsp3) is 0.381. The number of amides is 1. The molecule has 0 radical (unpaired) electrons. The first-order chi connectivity index (χ1) is 13.0. The maximum Gasteiger partial charge on any atom is 0.262 e. The van der Waals surface area contributed by atoms with Gasteiger partial charge in [0.15, 0.2) is 0 Å². The molecule has 0 bridgehead atoms. The molecule has 3 heterocycles. The molecule has 3 aromatic rings. The van der Waals surface area contributed by atoms with Gasteiger partial charge in [-0.3, -0.25) is 14.2 Å². The number of carbonyl (C=O) groups excluding carboxylic acids is 1. The number of nitrogens with zero attached hydrogens (tertiary/aromatic N) is 3. The summed E-state index contributed by atoms with van der Waals surface area (Å²) in [5.41, 5.74) is 1.89. The zero-order valence-electron chi connectivity index (χ0n) is 15.6. The van der Waals surface area contributed by atoms with E-state index in [1.165, 1.54) is 22.2 Å². The number of aromatic nitrogens is 2. The largest absolute Gasteiger partial charge is 0.341 e. The van der Waals surface area contributed by atoms with Gasteiger partial charge in [-0.25, -0.2) is 4.98 Å². The van der Waals surface area contributed by atoms with Gasteiger partial charge >= 0.3 is 0 Å². The summed E-state index contributed by atoms with van der Waals surface area (Å²) in [7, 11) is 0. The lowest BCUT2D eigenvalue weighted by atomic mass is 10.0. The molecule has 27 heavy (non-hydrogen) atoms. The van der Waals surface area contributed by atoms with Crippen LogP contribution in [0.4, 0.5) is 0 Å². The Balaban J connectivity index is 1.67. The summed E-state index contributed by atoms with van der Waals surface area (Å²) in [5, 5.41) is 0.626. The number of likely N-dealkylation sites (tertiary alicyclic amines) is 1. The Hall–Kier alpha value is -2.47. The number of hydrogen-bond donors (Lipinski definition) is 0. The van der Waals surface area contributed by atoms with Crippen LogP contribution in [0.5, 0.6) is 0 Å². The van der Waals surface area contributed by atoms with E-state index in [9.17, 15) is 9.59 Å². The molecule has 1 unspecified atom stereocenters. The first-order valence-corrected chi connectivity index (χ1v) is 10.2. The van der Waals surface area contributed by atoms with Crippen LogP contribution in [-0.2, 0) is 11.3 Å². The molecule has 6 heteroatoms. The predicted octanol–water partition coefficient (Wildman–Crippen LogP) is 3.69. The molecule has 2 aromatic heterocycles. The van der Waals surface area contributed by atoms with Crippen molar-refractivity contribution in [2.75, 3.05) is 13.1 Å². The van der Waals surface area contributed by atoms with Crippen LogP contribution in [0.15, 0.2) is 41.5 Å². The van der Waals surface area contributed by atoms with Gasteiger partial charge < -0.3 is 4.90 Å². The van der Waals surface area contributed by atoms with E-state index in [0.29, 0.717) is 11.3 Å². The number of hydrogen-bond acceptors (Lipinski definition) is 4. The summed E-state index contributed by atoms with van der Waals surface area (Å²) in [4.78, 5) is 33.8. The lowest BCUT2D eigenvalue weighted by Crippen LogP contribution is -2.42. The molecule has 0 N–H and O–H groups in total. The first-order valence-electron chi connectivity index (χ1n) is 9.36. The molecular formula is C21H23N3O2S. The predicted molar refractivity (Wildman–Crippen MR) is 109 cm³/mol. The SMILES string of the molecule is Cc1c(-c2ccccc2)sc2ncn(CC(=O)N3CCCC(C)C3)c(=O)c12. The third kappa shape index (κ3) is 3.41. The normalized spacial score (nSPS) is 17.4. The molecule has 1 amide bonds. The highest BCUT2D eigenvalue weighted by atomic mass is 32.1. The van der Waals surface area contributed by atoms with Crippen molar-refractivity contribution >= 4 is 27.5 Å². The van der Waals surface area contributed by atoms with Crippen molar-refractivity contribution in [3.05, 3.63) is 52.6 Å². The smallest absolute Gasteiger partial charge is 0.262 e. The number of benzene rings is 1.